The Morgan fingerprint density at radius 2 is 1.76 bits per heavy atom. The van der Waals surface area contributed by atoms with E-state index in [1.165, 1.54) is 11.3 Å². The van der Waals surface area contributed by atoms with Gasteiger partial charge in [-0.05, 0) is 48.2 Å². The molecule has 1 atom stereocenters. The van der Waals surface area contributed by atoms with E-state index in [1.807, 2.05) is 17.5 Å². The average molecular weight is 406 g/mol. The Kier molecular flexibility index (Phi) is 4.90. The highest BCUT2D eigenvalue weighted by atomic mass is 32.1. The number of amides is 2. The molecule has 0 saturated carbocycles. The molecule has 2 heterocycles. The number of esters is 1. The lowest BCUT2D eigenvalue weighted by molar-refractivity contribution is -0.134. The molecule has 1 unspecified atom stereocenters. The van der Waals surface area contributed by atoms with Gasteiger partial charge >= 0.3 is 5.97 Å². The van der Waals surface area contributed by atoms with Gasteiger partial charge in [-0.3, -0.25) is 9.59 Å². The van der Waals surface area contributed by atoms with Crippen LogP contribution in [0.2, 0.25) is 0 Å². The van der Waals surface area contributed by atoms with Gasteiger partial charge in [0.2, 0.25) is 0 Å². The molecule has 0 spiro atoms. The summed E-state index contributed by atoms with van der Waals surface area (Å²) in [7, 11) is 0. The first-order valence-corrected chi connectivity index (χ1v) is 9.90. The maximum Gasteiger partial charge on any atom is 0.339 e. The Labute approximate surface area is 171 Å². The fraction of sp³-hybridized carbons (Fsp3) is 0.136. The van der Waals surface area contributed by atoms with Gasteiger partial charge in [0.05, 0.1) is 10.4 Å². The number of ether oxygens (including phenoxy) is 1. The standard InChI is InChI=1S/C22H18N2O4S/c1-22(13-14-6-2-3-9-17(14)20(26)28-22)21(27)24-16-8-4-7-15(12-16)23-19(25)18-10-5-11-29-18/h2-12H,13H2,1H3,(H,23,25)(H,24,27). The summed E-state index contributed by atoms with van der Waals surface area (Å²) in [5.74, 6) is -1.16. The van der Waals surface area contributed by atoms with Crippen molar-refractivity contribution in [1.82, 2.24) is 0 Å². The normalized spacial score (nSPS) is 17.8. The van der Waals surface area contributed by atoms with Crippen molar-refractivity contribution >= 4 is 40.5 Å². The largest absolute Gasteiger partial charge is 0.445 e. The van der Waals surface area contributed by atoms with E-state index in [1.54, 1.807) is 55.5 Å². The van der Waals surface area contributed by atoms with Gasteiger partial charge in [-0.2, -0.15) is 0 Å². The number of carbonyl (C=O) groups excluding carboxylic acids is 3. The number of rotatable bonds is 4. The smallest absolute Gasteiger partial charge is 0.339 e. The molecule has 146 valence electrons. The molecular formula is C22H18N2O4S. The summed E-state index contributed by atoms with van der Waals surface area (Å²) in [5.41, 5.74) is 0.989. The monoisotopic (exact) mass is 406 g/mol. The minimum Gasteiger partial charge on any atom is -0.445 e. The third-order valence-electron chi connectivity index (χ3n) is 4.69. The van der Waals surface area contributed by atoms with Crippen LogP contribution in [0.5, 0.6) is 0 Å². The van der Waals surface area contributed by atoms with E-state index < -0.39 is 17.5 Å². The number of hydrogen-bond acceptors (Lipinski definition) is 5. The lowest BCUT2D eigenvalue weighted by Crippen LogP contribution is -2.48. The van der Waals surface area contributed by atoms with Crippen LogP contribution < -0.4 is 10.6 Å². The molecular weight excluding hydrogens is 388 g/mol. The molecule has 2 amide bonds. The molecule has 0 fully saturated rings. The molecule has 4 rings (SSSR count). The van der Waals surface area contributed by atoms with E-state index in [-0.39, 0.29) is 12.3 Å². The maximum absolute atomic E-state index is 12.9. The summed E-state index contributed by atoms with van der Waals surface area (Å²) in [5, 5.41) is 7.42. The molecule has 0 saturated heterocycles. The minimum absolute atomic E-state index is 0.215. The van der Waals surface area contributed by atoms with Crippen molar-refractivity contribution in [2.75, 3.05) is 10.6 Å². The highest BCUT2D eigenvalue weighted by molar-refractivity contribution is 7.12. The zero-order valence-corrected chi connectivity index (χ0v) is 16.4. The molecule has 0 bridgehead atoms. The number of cyclic esters (lactones) is 1. The molecule has 6 nitrogen and oxygen atoms in total. The number of nitrogens with one attached hydrogen (secondary N) is 2. The predicted molar refractivity (Wildman–Crippen MR) is 111 cm³/mol. The van der Waals surface area contributed by atoms with Gasteiger partial charge in [-0.1, -0.05) is 30.3 Å². The molecule has 7 heteroatoms. The quantitative estimate of drug-likeness (QED) is 0.639. The first kappa shape index (κ1) is 18.9. The molecule has 3 aromatic rings. The van der Waals surface area contributed by atoms with Crippen LogP contribution in [0.15, 0.2) is 66.0 Å². The van der Waals surface area contributed by atoms with Gasteiger partial charge in [0.15, 0.2) is 5.60 Å². The number of hydrogen-bond donors (Lipinski definition) is 2. The summed E-state index contributed by atoms with van der Waals surface area (Å²) >= 11 is 1.35. The van der Waals surface area contributed by atoms with Gasteiger partial charge in [0.25, 0.3) is 11.8 Å². The molecule has 0 radical (unpaired) electrons. The van der Waals surface area contributed by atoms with E-state index >= 15 is 0 Å². The second-order valence-electron chi connectivity index (χ2n) is 6.92. The fourth-order valence-corrected chi connectivity index (χ4v) is 3.82. The van der Waals surface area contributed by atoms with Crippen LogP contribution in [0.3, 0.4) is 0 Å². The van der Waals surface area contributed by atoms with Crippen LogP contribution in [0, 0.1) is 0 Å². The molecule has 29 heavy (non-hydrogen) atoms. The molecule has 2 N–H and O–H groups in total. The first-order chi connectivity index (χ1) is 13.9. The lowest BCUT2D eigenvalue weighted by Gasteiger charge is -2.33. The van der Waals surface area contributed by atoms with E-state index in [4.69, 9.17) is 4.74 Å². The number of carbonyl (C=O) groups is 3. The topological polar surface area (TPSA) is 84.5 Å². The Bertz CT molecular complexity index is 1090. The Balaban J connectivity index is 1.49. The van der Waals surface area contributed by atoms with E-state index in [2.05, 4.69) is 10.6 Å². The van der Waals surface area contributed by atoms with Crippen LogP contribution in [0.4, 0.5) is 11.4 Å². The maximum atomic E-state index is 12.9. The molecule has 1 aliphatic heterocycles. The third kappa shape index (κ3) is 3.90. The number of anilines is 2. The third-order valence-corrected chi connectivity index (χ3v) is 5.56. The summed E-state index contributed by atoms with van der Waals surface area (Å²) in [6, 6.07) is 17.5. The molecule has 2 aromatic carbocycles. The van der Waals surface area contributed by atoms with Crippen molar-refractivity contribution in [2.24, 2.45) is 0 Å². The second-order valence-corrected chi connectivity index (χ2v) is 7.87. The Hall–Kier alpha value is -3.45. The van der Waals surface area contributed by atoms with Crippen LogP contribution in [0.25, 0.3) is 0 Å². The summed E-state index contributed by atoms with van der Waals surface area (Å²) in [6.07, 6.45) is 0.287. The number of benzene rings is 2. The van der Waals surface area contributed by atoms with Crippen molar-refractivity contribution in [3.05, 3.63) is 82.0 Å². The van der Waals surface area contributed by atoms with E-state index in [9.17, 15) is 14.4 Å². The number of thiophene rings is 1. The van der Waals surface area contributed by atoms with Crippen molar-refractivity contribution in [3.63, 3.8) is 0 Å². The van der Waals surface area contributed by atoms with Crippen molar-refractivity contribution in [1.29, 1.82) is 0 Å². The van der Waals surface area contributed by atoms with Crippen LogP contribution in [-0.2, 0) is 16.0 Å². The second kappa shape index (κ2) is 7.52. The van der Waals surface area contributed by atoms with Crippen molar-refractivity contribution in [3.8, 4) is 0 Å². The first-order valence-electron chi connectivity index (χ1n) is 9.02. The van der Waals surface area contributed by atoms with Crippen LogP contribution in [-0.4, -0.2) is 23.4 Å². The SMILES string of the molecule is CC1(C(=O)Nc2cccc(NC(=O)c3cccs3)c2)Cc2ccccc2C(=O)O1. The predicted octanol–water partition coefficient (Wildman–Crippen LogP) is 4.11. The molecule has 0 aliphatic carbocycles. The van der Waals surface area contributed by atoms with Gasteiger partial charge in [0.1, 0.15) is 0 Å². The zero-order valence-electron chi connectivity index (χ0n) is 15.6. The highest BCUT2D eigenvalue weighted by Crippen LogP contribution is 2.29. The van der Waals surface area contributed by atoms with Gasteiger partial charge in [-0.25, -0.2) is 4.79 Å². The Morgan fingerprint density at radius 1 is 1.00 bits per heavy atom. The average Bonchev–Trinajstić information content (AvgIpc) is 3.23. The molecule has 1 aliphatic rings. The molecule has 1 aromatic heterocycles. The van der Waals surface area contributed by atoms with Crippen molar-refractivity contribution in [2.45, 2.75) is 18.9 Å². The zero-order chi connectivity index (χ0) is 20.4. The Morgan fingerprint density at radius 3 is 2.52 bits per heavy atom. The van der Waals surface area contributed by atoms with Gasteiger partial charge < -0.3 is 15.4 Å². The fourth-order valence-electron chi connectivity index (χ4n) is 3.20. The highest BCUT2D eigenvalue weighted by Gasteiger charge is 2.42. The summed E-state index contributed by atoms with van der Waals surface area (Å²) in [6.45, 7) is 1.60. The van der Waals surface area contributed by atoms with Crippen LogP contribution >= 0.6 is 11.3 Å². The summed E-state index contributed by atoms with van der Waals surface area (Å²) in [4.78, 5) is 38.0. The lowest BCUT2D eigenvalue weighted by atomic mass is 9.89. The van der Waals surface area contributed by atoms with E-state index in [0.29, 0.717) is 21.8 Å². The minimum atomic E-state index is -1.32. The number of fused-ring (bicyclic) bond motifs is 1. The van der Waals surface area contributed by atoms with Crippen molar-refractivity contribution < 1.29 is 19.1 Å². The van der Waals surface area contributed by atoms with E-state index in [0.717, 1.165) is 5.56 Å². The van der Waals surface area contributed by atoms with Crippen LogP contribution in [0.1, 0.15) is 32.5 Å². The van der Waals surface area contributed by atoms with Gasteiger partial charge in [0, 0.05) is 17.8 Å². The van der Waals surface area contributed by atoms with Gasteiger partial charge in [-0.15, -0.1) is 11.3 Å². The summed E-state index contributed by atoms with van der Waals surface area (Å²) < 4.78 is 5.46.